The van der Waals surface area contributed by atoms with Gasteiger partial charge in [-0.2, -0.15) is 0 Å². The Morgan fingerprint density at radius 1 is 1.08 bits per heavy atom. The molecule has 134 valence electrons. The van der Waals surface area contributed by atoms with Gasteiger partial charge in [0, 0.05) is 49.8 Å². The zero-order chi connectivity index (χ0) is 17.9. The number of hydrogen-bond donors (Lipinski definition) is 1. The maximum absolute atomic E-state index is 12.8. The number of carbonyl (C=O) groups is 2. The molecular weight excluding hydrogens is 328 g/mol. The van der Waals surface area contributed by atoms with Crippen LogP contribution in [0.3, 0.4) is 0 Å². The number of benzene rings is 1. The molecule has 0 bridgehead atoms. The average Bonchev–Trinajstić information content (AvgIpc) is 2.86. The third-order valence-corrected chi connectivity index (χ3v) is 5.14. The minimum absolute atomic E-state index is 0.0851. The molecule has 1 aromatic heterocycles. The molecule has 0 spiro atoms. The summed E-state index contributed by atoms with van der Waals surface area (Å²) in [6, 6.07) is 11.3. The highest BCUT2D eigenvalue weighted by Gasteiger charge is 2.31. The van der Waals surface area contributed by atoms with Gasteiger partial charge in [0.25, 0.3) is 5.91 Å². The van der Waals surface area contributed by atoms with Crippen molar-refractivity contribution in [1.82, 2.24) is 15.2 Å². The standard InChI is InChI=1S/C20H22N4O2/c25-19(14-18-16-4-1-2-5-17(16)20(26)22-18)24-11-3-10-23(12-13-24)15-6-8-21-9-7-15/h1-2,4-9,18H,3,10-14H2,(H,22,26). The number of nitrogens with one attached hydrogen (secondary N) is 1. The lowest BCUT2D eigenvalue weighted by Crippen LogP contribution is -2.37. The Bertz CT molecular complexity index is 808. The summed E-state index contributed by atoms with van der Waals surface area (Å²) in [5.41, 5.74) is 2.76. The number of nitrogens with zero attached hydrogens (tertiary/aromatic N) is 3. The topological polar surface area (TPSA) is 65.5 Å². The number of amides is 2. The van der Waals surface area contributed by atoms with Gasteiger partial charge in [-0.1, -0.05) is 18.2 Å². The van der Waals surface area contributed by atoms with Gasteiger partial charge in [0.2, 0.25) is 5.91 Å². The summed E-state index contributed by atoms with van der Waals surface area (Å²) in [6.45, 7) is 3.19. The molecule has 6 heteroatoms. The fraction of sp³-hybridized carbons (Fsp3) is 0.350. The molecule has 1 saturated heterocycles. The molecule has 2 aromatic rings. The Kier molecular flexibility index (Phi) is 4.56. The van der Waals surface area contributed by atoms with Crippen molar-refractivity contribution in [1.29, 1.82) is 0 Å². The summed E-state index contributed by atoms with van der Waals surface area (Å²) >= 11 is 0. The molecule has 6 nitrogen and oxygen atoms in total. The predicted molar refractivity (Wildman–Crippen MR) is 98.9 cm³/mol. The van der Waals surface area contributed by atoms with Gasteiger partial charge < -0.3 is 15.1 Å². The Balaban J connectivity index is 1.39. The fourth-order valence-electron chi connectivity index (χ4n) is 3.77. The lowest BCUT2D eigenvalue weighted by molar-refractivity contribution is -0.131. The number of anilines is 1. The Morgan fingerprint density at radius 2 is 1.88 bits per heavy atom. The second kappa shape index (κ2) is 7.15. The molecule has 3 heterocycles. The normalized spacial score (nSPS) is 19.7. The van der Waals surface area contributed by atoms with Crippen LogP contribution < -0.4 is 10.2 Å². The molecule has 0 radical (unpaired) electrons. The third-order valence-electron chi connectivity index (χ3n) is 5.14. The summed E-state index contributed by atoms with van der Waals surface area (Å²) in [5.74, 6) is 0.0155. The van der Waals surface area contributed by atoms with Crippen LogP contribution in [0.2, 0.25) is 0 Å². The molecule has 4 rings (SSSR count). The van der Waals surface area contributed by atoms with Crippen molar-refractivity contribution >= 4 is 17.5 Å². The van der Waals surface area contributed by atoms with Gasteiger partial charge in [-0.15, -0.1) is 0 Å². The van der Waals surface area contributed by atoms with Crippen LogP contribution in [0, 0.1) is 0 Å². The van der Waals surface area contributed by atoms with Crippen LogP contribution in [-0.4, -0.2) is 47.9 Å². The molecule has 2 aliphatic heterocycles. The molecule has 1 unspecified atom stereocenters. The molecular formula is C20H22N4O2. The summed E-state index contributed by atoms with van der Waals surface area (Å²) in [7, 11) is 0. The predicted octanol–water partition coefficient (Wildman–Crippen LogP) is 2.00. The van der Waals surface area contributed by atoms with Gasteiger partial charge in [0.15, 0.2) is 0 Å². The van der Waals surface area contributed by atoms with Gasteiger partial charge in [0.05, 0.1) is 12.5 Å². The van der Waals surface area contributed by atoms with Gasteiger partial charge in [0.1, 0.15) is 0 Å². The van der Waals surface area contributed by atoms with E-state index in [2.05, 4.69) is 15.2 Å². The zero-order valence-electron chi connectivity index (χ0n) is 14.6. The van der Waals surface area contributed by atoms with E-state index in [4.69, 9.17) is 0 Å². The average molecular weight is 350 g/mol. The number of hydrogen-bond acceptors (Lipinski definition) is 4. The van der Waals surface area contributed by atoms with Gasteiger partial charge in [-0.3, -0.25) is 14.6 Å². The minimum Gasteiger partial charge on any atom is -0.370 e. The zero-order valence-corrected chi connectivity index (χ0v) is 14.6. The van der Waals surface area contributed by atoms with Crippen LogP contribution in [0.25, 0.3) is 0 Å². The van der Waals surface area contributed by atoms with Crippen LogP contribution in [-0.2, 0) is 4.79 Å². The number of rotatable bonds is 3. The van der Waals surface area contributed by atoms with Crippen LogP contribution in [0.5, 0.6) is 0 Å². The van der Waals surface area contributed by atoms with E-state index in [-0.39, 0.29) is 17.9 Å². The number of pyridine rings is 1. The number of carbonyl (C=O) groups excluding carboxylic acids is 2. The molecule has 2 amide bonds. The van der Waals surface area contributed by atoms with Crippen molar-refractivity contribution < 1.29 is 9.59 Å². The van der Waals surface area contributed by atoms with E-state index >= 15 is 0 Å². The van der Waals surface area contributed by atoms with Gasteiger partial charge in [-0.25, -0.2) is 0 Å². The number of aromatic nitrogens is 1. The largest absolute Gasteiger partial charge is 0.370 e. The second-order valence-corrected chi connectivity index (χ2v) is 6.74. The summed E-state index contributed by atoms with van der Waals surface area (Å²) in [5, 5.41) is 2.94. The summed E-state index contributed by atoms with van der Waals surface area (Å²) in [4.78, 5) is 33.1. The maximum atomic E-state index is 12.8. The molecule has 2 aliphatic rings. The van der Waals surface area contributed by atoms with Crippen LogP contribution >= 0.6 is 0 Å². The van der Waals surface area contributed by atoms with Gasteiger partial charge in [-0.05, 0) is 30.2 Å². The number of fused-ring (bicyclic) bond motifs is 1. The molecule has 1 aromatic carbocycles. The first-order valence-electron chi connectivity index (χ1n) is 9.05. The van der Waals surface area contributed by atoms with E-state index in [1.165, 1.54) is 0 Å². The molecule has 26 heavy (non-hydrogen) atoms. The first-order chi connectivity index (χ1) is 12.7. The van der Waals surface area contributed by atoms with Crippen molar-refractivity contribution in [3.05, 3.63) is 59.9 Å². The van der Waals surface area contributed by atoms with Crippen molar-refractivity contribution in [2.75, 3.05) is 31.1 Å². The first kappa shape index (κ1) is 16.6. The lowest BCUT2D eigenvalue weighted by Gasteiger charge is -2.24. The van der Waals surface area contributed by atoms with E-state index in [1.54, 1.807) is 12.4 Å². The van der Waals surface area contributed by atoms with E-state index in [1.807, 2.05) is 41.3 Å². The molecule has 0 aliphatic carbocycles. The maximum Gasteiger partial charge on any atom is 0.252 e. The fourth-order valence-corrected chi connectivity index (χ4v) is 3.77. The smallest absolute Gasteiger partial charge is 0.252 e. The van der Waals surface area contributed by atoms with Gasteiger partial charge >= 0.3 is 0 Å². The summed E-state index contributed by atoms with van der Waals surface area (Å²) in [6.07, 6.45) is 4.84. The monoisotopic (exact) mass is 350 g/mol. The molecule has 0 saturated carbocycles. The highest BCUT2D eigenvalue weighted by atomic mass is 16.2. The molecule has 1 atom stereocenters. The summed E-state index contributed by atoms with van der Waals surface area (Å²) < 4.78 is 0. The van der Waals surface area contributed by atoms with Crippen molar-refractivity contribution in [3.63, 3.8) is 0 Å². The Morgan fingerprint density at radius 3 is 2.73 bits per heavy atom. The van der Waals surface area contributed by atoms with Crippen molar-refractivity contribution in [2.45, 2.75) is 18.9 Å². The second-order valence-electron chi connectivity index (χ2n) is 6.74. The Labute approximate surface area is 152 Å². The molecule has 1 N–H and O–H groups in total. The van der Waals surface area contributed by atoms with E-state index in [0.29, 0.717) is 18.5 Å². The van der Waals surface area contributed by atoms with Crippen LogP contribution in [0.1, 0.15) is 34.8 Å². The van der Waals surface area contributed by atoms with Crippen LogP contribution in [0.4, 0.5) is 5.69 Å². The lowest BCUT2D eigenvalue weighted by atomic mass is 10.0. The minimum atomic E-state index is -0.217. The third kappa shape index (κ3) is 3.27. The van der Waals surface area contributed by atoms with Crippen molar-refractivity contribution in [3.8, 4) is 0 Å². The van der Waals surface area contributed by atoms with E-state index in [9.17, 15) is 9.59 Å². The van der Waals surface area contributed by atoms with E-state index < -0.39 is 0 Å². The van der Waals surface area contributed by atoms with Crippen molar-refractivity contribution in [2.24, 2.45) is 0 Å². The quantitative estimate of drug-likeness (QED) is 0.919. The Hall–Kier alpha value is -2.89. The van der Waals surface area contributed by atoms with Crippen LogP contribution in [0.15, 0.2) is 48.8 Å². The molecule has 1 fully saturated rings. The highest BCUT2D eigenvalue weighted by Crippen LogP contribution is 2.28. The van der Waals surface area contributed by atoms with E-state index in [0.717, 1.165) is 37.3 Å². The SMILES string of the molecule is O=C1NC(CC(=O)N2CCCN(c3ccncc3)CC2)c2ccccc21. The highest BCUT2D eigenvalue weighted by molar-refractivity contribution is 5.99. The first-order valence-corrected chi connectivity index (χ1v) is 9.05.